The lowest BCUT2D eigenvalue weighted by atomic mass is 10.1. The van der Waals surface area contributed by atoms with Gasteiger partial charge in [0.05, 0.1) is 59.4 Å². The molecule has 0 N–H and O–H groups in total. The maximum Gasteiger partial charge on any atom is 0.261 e. The second kappa shape index (κ2) is 12.5. The number of hydrogen-bond acceptors (Lipinski definition) is 10. The van der Waals surface area contributed by atoms with Crippen LogP contribution in [0.15, 0.2) is 62.8 Å². The van der Waals surface area contributed by atoms with Gasteiger partial charge in [-0.1, -0.05) is 11.6 Å². The summed E-state index contributed by atoms with van der Waals surface area (Å²) >= 11 is 6.08. The zero-order valence-corrected chi connectivity index (χ0v) is 24.9. The van der Waals surface area contributed by atoms with Crippen LogP contribution in [-0.4, -0.2) is 51.7 Å². The summed E-state index contributed by atoms with van der Waals surface area (Å²) in [6.45, 7) is 0.361. The highest BCUT2D eigenvalue weighted by Crippen LogP contribution is 2.44. The SMILES string of the molecule is COc1cc(OC)c2c(=O)c(OCCCn3cnc4ccc(Cl)cc4c3=O)c(-c3cc(OC)c(OC)c(OC)c3)oc2c1. The number of fused-ring (bicyclic) bond motifs is 2. The zero-order valence-electron chi connectivity index (χ0n) is 24.2. The lowest BCUT2D eigenvalue weighted by Gasteiger charge is -2.17. The van der Waals surface area contributed by atoms with E-state index >= 15 is 0 Å². The van der Waals surface area contributed by atoms with Crippen LogP contribution in [0, 0.1) is 0 Å². The zero-order chi connectivity index (χ0) is 30.7. The summed E-state index contributed by atoms with van der Waals surface area (Å²) in [5, 5.41) is 1.04. The minimum Gasteiger partial charge on any atom is -0.496 e. The van der Waals surface area contributed by atoms with Crippen LogP contribution >= 0.6 is 11.6 Å². The molecule has 0 unspecified atom stereocenters. The molecule has 0 atom stereocenters. The smallest absolute Gasteiger partial charge is 0.261 e. The second-order valence-corrected chi connectivity index (χ2v) is 9.75. The average Bonchev–Trinajstić information content (AvgIpc) is 3.03. The van der Waals surface area contributed by atoms with Crippen LogP contribution in [0.1, 0.15) is 6.42 Å². The third-order valence-electron chi connectivity index (χ3n) is 6.85. The topological polar surface area (TPSA) is 120 Å². The Morgan fingerprint density at radius 3 is 2.21 bits per heavy atom. The van der Waals surface area contributed by atoms with E-state index in [1.807, 2.05) is 0 Å². The number of halogens is 1. The Morgan fingerprint density at radius 1 is 0.837 bits per heavy atom. The second-order valence-electron chi connectivity index (χ2n) is 9.31. The molecule has 43 heavy (non-hydrogen) atoms. The predicted molar refractivity (Wildman–Crippen MR) is 162 cm³/mol. The molecule has 3 aromatic carbocycles. The van der Waals surface area contributed by atoms with Crippen molar-refractivity contribution in [3.05, 3.63) is 74.4 Å². The predicted octanol–water partition coefficient (Wildman–Crippen LogP) is 5.34. The monoisotopic (exact) mass is 608 g/mol. The van der Waals surface area contributed by atoms with E-state index in [4.69, 9.17) is 44.4 Å². The van der Waals surface area contributed by atoms with E-state index in [2.05, 4.69) is 4.98 Å². The van der Waals surface area contributed by atoms with Crippen LogP contribution in [0.4, 0.5) is 0 Å². The number of methoxy groups -OCH3 is 5. The molecule has 224 valence electrons. The minimum atomic E-state index is -0.455. The maximum atomic E-state index is 14.0. The largest absolute Gasteiger partial charge is 0.496 e. The van der Waals surface area contributed by atoms with Gasteiger partial charge < -0.3 is 32.8 Å². The van der Waals surface area contributed by atoms with Gasteiger partial charge in [0, 0.05) is 29.3 Å². The van der Waals surface area contributed by atoms with Crippen LogP contribution < -0.4 is 39.4 Å². The number of aryl methyl sites for hydroxylation is 1. The molecule has 0 fully saturated rings. The third kappa shape index (κ3) is 5.63. The van der Waals surface area contributed by atoms with Gasteiger partial charge in [0.15, 0.2) is 17.3 Å². The van der Waals surface area contributed by atoms with Crippen molar-refractivity contribution in [1.82, 2.24) is 9.55 Å². The Labute approximate surface area is 251 Å². The molecule has 0 amide bonds. The molecule has 0 spiro atoms. The van der Waals surface area contributed by atoms with Gasteiger partial charge in [-0.05, 0) is 36.8 Å². The molecule has 5 rings (SSSR count). The van der Waals surface area contributed by atoms with E-state index in [1.165, 1.54) is 46.4 Å². The van der Waals surface area contributed by atoms with Crippen LogP contribution in [0.25, 0.3) is 33.2 Å². The van der Waals surface area contributed by atoms with Gasteiger partial charge in [0.25, 0.3) is 5.56 Å². The number of nitrogens with zero attached hydrogens (tertiary/aromatic N) is 2. The first-order valence-corrected chi connectivity index (χ1v) is 13.5. The number of benzene rings is 3. The Kier molecular flexibility index (Phi) is 8.63. The minimum absolute atomic E-state index is 0.0546. The standard InChI is InChI=1S/C31H29ClN2O9/c1-37-19-14-22(38-2)26-23(15-19)43-28(17-11-24(39-3)29(41-5)25(12-17)40-4)30(27(26)35)42-10-6-9-34-16-33-21-8-7-18(32)13-20(21)31(34)36/h7-8,11-16H,6,9-10H2,1-5H3. The van der Waals surface area contributed by atoms with Gasteiger partial charge in [0.2, 0.25) is 16.9 Å². The van der Waals surface area contributed by atoms with Crippen molar-refractivity contribution < 1.29 is 32.8 Å². The van der Waals surface area contributed by atoms with Crippen LogP contribution in [0.2, 0.25) is 5.02 Å². The van der Waals surface area contributed by atoms with Crippen LogP contribution in [0.3, 0.4) is 0 Å². The van der Waals surface area contributed by atoms with Gasteiger partial charge in [-0.2, -0.15) is 0 Å². The molecule has 2 aromatic heterocycles. The first-order chi connectivity index (χ1) is 20.8. The number of rotatable bonds is 11. The highest BCUT2D eigenvalue weighted by atomic mass is 35.5. The van der Waals surface area contributed by atoms with Crippen molar-refractivity contribution in [2.75, 3.05) is 42.2 Å². The quantitative estimate of drug-likeness (QED) is 0.182. The summed E-state index contributed by atoms with van der Waals surface area (Å²) in [6, 6.07) is 11.5. The Hall–Kier alpha value is -4.90. The fourth-order valence-electron chi connectivity index (χ4n) is 4.75. The van der Waals surface area contributed by atoms with E-state index in [0.29, 0.717) is 50.9 Å². The Morgan fingerprint density at radius 2 is 1.56 bits per heavy atom. The molecular formula is C31H29ClN2O9. The van der Waals surface area contributed by atoms with Gasteiger partial charge in [-0.3, -0.25) is 14.2 Å². The number of hydrogen-bond donors (Lipinski definition) is 0. The van der Waals surface area contributed by atoms with Crippen molar-refractivity contribution >= 4 is 33.5 Å². The van der Waals surface area contributed by atoms with Crippen LogP contribution in [0.5, 0.6) is 34.5 Å². The third-order valence-corrected chi connectivity index (χ3v) is 7.08. The summed E-state index contributed by atoms with van der Waals surface area (Å²) in [5.41, 5.74) is 0.538. The highest BCUT2D eigenvalue weighted by molar-refractivity contribution is 6.31. The summed E-state index contributed by atoms with van der Waals surface area (Å²) in [6.07, 6.45) is 1.85. The molecule has 0 aliphatic heterocycles. The molecule has 0 saturated heterocycles. The molecule has 11 nitrogen and oxygen atoms in total. The normalized spacial score (nSPS) is 11.0. The maximum absolute atomic E-state index is 14.0. The van der Waals surface area contributed by atoms with Crippen molar-refractivity contribution in [3.63, 3.8) is 0 Å². The summed E-state index contributed by atoms with van der Waals surface area (Å²) in [7, 11) is 7.42. The van der Waals surface area contributed by atoms with E-state index in [9.17, 15) is 9.59 Å². The van der Waals surface area contributed by atoms with Gasteiger partial charge in [0.1, 0.15) is 22.5 Å². The van der Waals surface area contributed by atoms with Crippen molar-refractivity contribution in [2.45, 2.75) is 13.0 Å². The molecule has 0 saturated carbocycles. The Bertz CT molecular complexity index is 1910. The first kappa shape index (κ1) is 29.6. The molecular weight excluding hydrogens is 580 g/mol. The van der Waals surface area contributed by atoms with Crippen molar-refractivity contribution in [3.8, 4) is 45.8 Å². The molecule has 0 aliphatic rings. The number of aromatic nitrogens is 2. The van der Waals surface area contributed by atoms with Crippen molar-refractivity contribution in [1.29, 1.82) is 0 Å². The van der Waals surface area contributed by atoms with Crippen LogP contribution in [-0.2, 0) is 6.54 Å². The fourth-order valence-corrected chi connectivity index (χ4v) is 4.93. The molecule has 5 aromatic rings. The van der Waals surface area contributed by atoms with Gasteiger partial charge in [-0.15, -0.1) is 0 Å². The van der Waals surface area contributed by atoms with E-state index < -0.39 is 5.43 Å². The highest BCUT2D eigenvalue weighted by Gasteiger charge is 2.24. The molecule has 2 heterocycles. The number of ether oxygens (including phenoxy) is 6. The van der Waals surface area contributed by atoms with E-state index in [-0.39, 0.29) is 46.9 Å². The molecule has 0 aliphatic carbocycles. The van der Waals surface area contributed by atoms with E-state index in [0.717, 1.165) is 0 Å². The molecule has 12 heteroatoms. The summed E-state index contributed by atoms with van der Waals surface area (Å²) < 4.78 is 41.2. The first-order valence-electron chi connectivity index (χ1n) is 13.1. The molecule has 0 radical (unpaired) electrons. The average molecular weight is 609 g/mol. The summed E-state index contributed by atoms with van der Waals surface area (Å²) in [5.74, 6) is 1.87. The lowest BCUT2D eigenvalue weighted by Crippen LogP contribution is -2.22. The van der Waals surface area contributed by atoms with E-state index in [1.54, 1.807) is 42.5 Å². The fraction of sp³-hybridized carbons (Fsp3) is 0.258. The van der Waals surface area contributed by atoms with Gasteiger partial charge >= 0.3 is 0 Å². The lowest BCUT2D eigenvalue weighted by molar-refractivity contribution is 0.293. The van der Waals surface area contributed by atoms with Crippen molar-refractivity contribution in [2.24, 2.45) is 0 Å². The molecule has 0 bridgehead atoms. The van der Waals surface area contributed by atoms with Gasteiger partial charge in [-0.25, -0.2) is 4.98 Å². The Balaban J connectivity index is 1.56. The summed E-state index contributed by atoms with van der Waals surface area (Å²) in [4.78, 5) is 31.3.